The number of aliphatic hydroxyl groups is 4. The number of hydrogen-bond donors (Lipinski definition) is 4. The van der Waals surface area contributed by atoms with Gasteiger partial charge in [0.1, 0.15) is 24.4 Å². The largest absolute Gasteiger partial charge is 0.387 e. The van der Waals surface area contributed by atoms with Crippen LogP contribution >= 0.6 is 0 Å². The average molecular weight is 320 g/mol. The molecule has 0 aromatic rings. The number of carbonyl (C=O) groups excluding carboxylic acids is 1. The van der Waals surface area contributed by atoms with Gasteiger partial charge in [0, 0.05) is 7.11 Å². The summed E-state index contributed by atoms with van der Waals surface area (Å²) in [6.45, 7) is 2.10. The summed E-state index contributed by atoms with van der Waals surface area (Å²) in [4.78, 5) is 12.2. The zero-order chi connectivity index (χ0) is 16.7. The molecule has 1 aliphatic rings. The van der Waals surface area contributed by atoms with Crippen LogP contribution in [-0.4, -0.2) is 70.1 Å². The second-order valence-corrected chi connectivity index (χ2v) is 5.75. The van der Waals surface area contributed by atoms with Crippen molar-refractivity contribution in [3.05, 3.63) is 0 Å². The Morgan fingerprint density at radius 3 is 2.32 bits per heavy atom. The number of Topliss-reactive ketones (excluding diaryl/α,β-unsaturated/α-hetero) is 1. The van der Waals surface area contributed by atoms with Crippen LogP contribution < -0.4 is 0 Å². The van der Waals surface area contributed by atoms with Crippen molar-refractivity contribution < 1.29 is 34.7 Å². The van der Waals surface area contributed by atoms with Crippen LogP contribution in [0.5, 0.6) is 0 Å². The lowest BCUT2D eigenvalue weighted by atomic mass is 9.92. The molecule has 1 saturated heterocycles. The van der Waals surface area contributed by atoms with E-state index in [1.165, 1.54) is 7.11 Å². The van der Waals surface area contributed by atoms with Crippen molar-refractivity contribution in [3.63, 3.8) is 0 Å². The SMILES string of the molecule is CCCCCCCC(O)C(=O)[C@H]1O[C@H](OC)[C@H](O)[C@@H](O)[C@@H]1O. The number of carbonyl (C=O) groups is 1. The highest BCUT2D eigenvalue weighted by Crippen LogP contribution is 2.24. The van der Waals surface area contributed by atoms with Crippen LogP contribution in [0.1, 0.15) is 45.4 Å². The summed E-state index contributed by atoms with van der Waals surface area (Å²) in [6.07, 6.45) is -3.30. The van der Waals surface area contributed by atoms with E-state index >= 15 is 0 Å². The molecule has 130 valence electrons. The van der Waals surface area contributed by atoms with Gasteiger partial charge in [-0.25, -0.2) is 0 Å². The Morgan fingerprint density at radius 1 is 1.09 bits per heavy atom. The summed E-state index contributed by atoms with van der Waals surface area (Å²) in [5.41, 5.74) is 0. The van der Waals surface area contributed by atoms with Gasteiger partial charge in [0.05, 0.1) is 0 Å². The van der Waals surface area contributed by atoms with Gasteiger partial charge in [-0.15, -0.1) is 0 Å². The van der Waals surface area contributed by atoms with Gasteiger partial charge in [-0.2, -0.15) is 0 Å². The normalized spacial score (nSPS) is 33.6. The second kappa shape index (κ2) is 9.54. The molecule has 7 nitrogen and oxygen atoms in total. The molecule has 0 spiro atoms. The fourth-order valence-electron chi connectivity index (χ4n) is 2.55. The molecule has 0 radical (unpaired) electrons. The van der Waals surface area contributed by atoms with Crippen molar-refractivity contribution in [1.82, 2.24) is 0 Å². The first-order chi connectivity index (χ1) is 10.4. The van der Waals surface area contributed by atoms with Crippen molar-refractivity contribution in [2.45, 2.75) is 82.3 Å². The van der Waals surface area contributed by atoms with E-state index < -0.39 is 42.6 Å². The Labute approximate surface area is 130 Å². The second-order valence-electron chi connectivity index (χ2n) is 5.75. The zero-order valence-electron chi connectivity index (χ0n) is 13.2. The van der Waals surface area contributed by atoms with E-state index in [1.807, 2.05) is 0 Å². The topological polar surface area (TPSA) is 116 Å². The lowest BCUT2D eigenvalue weighted by molar-refractivity contribution is -0.284. The zero-order valence-corrected chi connectivity index (χ0v) is 13.2. The van der Waals surface area contributed by atoms with E-state index in [9.17, 15) is 25.2 Å². The molecule has 1 aliphatic heterocycles. The van der Waals surface area contributed by atoms with Crippen molar-refractivity contribution in [3.8, 4) is 0 Å². The Bertz CT molecular complexity index is 334. The molecule has 0 bridgehead atoms. The third-order valence-electron chi connectivity index (χ3n) is 3.99. The summed E-state index contributed by atoms with van der Waals surface area (Å²) in [5.74, 6) is -0.698. The number of unbranched alkanes of at least 4 members (excludes halogenated alkanes) is 4. The Morgan fingerprint density at radius 2 is 1.73 bits per heavy atom. The molecule has 0 aliphatic carbocycles. The first kappa shape index (κ1) is 19.5. The van der Waals surface area contributed by atoms with Crippen LogP contribution in [0.25, 0.3) is 0 Å². The summed E-state index contributed by atoms with van der Waals surface area (Å²) in [5, 5.41) is 39.2. The molecule has 0 amide bonds. The molecule has 22 heavy (non-hydrogen) atoms. The van der Waals surface area contributed by atoms with E-state index in [1.54, 1.807) is 0 Å². The van der Waals surface area contributed by atoms with Gasteiger partial charge < -0.3 is 29.9 Å². The molecule has 1 rings (SSSR count). The molecule has 7 heteroatoms. The summed E-state index contributed by atoms with van der Waals surface area (Å²) < 4.78 is 10.00. The molecule has 4 N–H and O–H groups in total. The van der Waals surface area contributed by atoms with Crippen LogP contribution in [0.3, 0.4) is 0 Å². The summed E-state index contributed by atoms with van der Waals surface area (Å²) in [6, 6.07) is 0. The van der Waals surface area contributed by atoms with Crippen LogP contribution in [-0.2, 0) is 14.3 Å². The Hall–Kier alpha value is -0.570. The Kier molecular flexibility index (Phi) is 8.45. The van der Waals surface area contributed by atoms with Crippen molar-refractivity contribution >= 4 is 5.78 Å². The van der Waals surface area contributed by atoms with Crippen molar-refractivity contribution in [2.75, 3.05) is 7.11 Å². The predicted octanol–water partition coefficient (Wildman–Crippen LogP) is -0.269. The van der Waals surface area contributed by atoms with Crippen LogP contribution in [0.2, 0.25) is 0 Å². The third kappa shape index (κ3) is 4.97. The van der Waals surface area contributed by atoms with Gasteiger partial charge in [0.25, 0.3) is 0 Å². The smallest absolute Gasteiger partial charge is 0.192 e. The van der Waals surface area contributed by atoms with E-state index in [2.05, 4.69) is 6.92 Å². The van der Waals surface area contributed by atoms with Gasteiger partial charge in [-0.1, -0.05) is 39.0 Å². The van der Waals surface area contributed by atoms with Crippen LogP contribution in [0.4, 0.5) is 0 Å². The Balaban J connectivity index is 2.51. The maximum absolute atomic E-state index is 12.2. The fraction of sp³-hybridized carbons (Fsp3) is 0.933. The molecule has 1 heterocycles. The lowest BCUT2D eigenvalue weighted by Crippen LogP contribution is -2.61. The highest BCUT2D eigenvalue weighted by atomic mass is 16.7. The first-order valence-corrected chi connectivity index (χ1v) is 7.88. The molecule has 1 unspecified atom stereocenters. The number of methoxy groups -OCH3 is 1. The highest BCUT2D eigenvalue weighted by molar-refractivity contribution is 5.87. The van der Waals surface area contributed by atoms with E-state index in [4.69, 9.17) is 9.47 Å². The number of ether oxygens (including phenoxy) is 2. The maximum atomic E-state index is 12.2. The minimum atomic E-state index is -1.59. The predicted molar refractivity (Wildman–Crippen MR) is 78.1 cm³/mol. The number of hydrogen-bond acceptors (Lipinski definition) is 7. The maximum Gasteiger partial charge on any atom is 0.192 e. The van der Waals surface area contributed by atoms with Crippen molar-refractivity contribution in [1.29, 1.82) is 0 Å². The van der Waals surface area contributed by atoms with Gasteiger partial charge in [-0.3, -0.25) is 4.79 Å². The standard InChI is InChI=1S/C15H28O7/c1-3-4-5-6-7-8-9(16)10(17)14-12(19)11(18)13(20)15(21-2)22-14/h9,11-16,18-20H,3-8H2,1-2H3/t9?,11-,12-,13+,14+,15-/m0/s1. The molecule has 1 fully saturated rings. The minimum Gasteiger partial charge on any atom is -0.387 e. The first-order valence-electron chi connectivity index (χ1n) is 7.88. The quantitative estimate of drug-likeness (QED) is 0.432. The van der Waals surface area contributed by atoms with Gasteiger partial charge in [-0.05, 0) is 6.42 Å². The highest BCUT2D eigenvalue weighted by Gasteiger charge is 2.47. The average Bonchev–Trinajstić information content (AvgIpc) is 2.52. The molecular formula is C15H28O7. The lowest BCUT2D eigenvalue weighted by Gasteiger charge is -2.39. The third-order valence-corrected chi connectivity index (χ3v) is 3.99. The number of ketones is 1. The van der Waals surface area contributed by atoms with Gasteiger partial charge in [0.15, 0.2) is 18.2 Å². The monoisotopic (exact) mass is 320 g/mol. The number of rotatable bonds is 9. The molecule has 6 atom stereocenters. The molecule has 0 aromatic heterocycles. The van der Waals surface area contributed by atoms with E-state index in [0.29, 0.717) is 6.42 Å². The summed E-state index contributed by atoms with van der Waals surface area (Å²) in [7, 11) is 1.25. The minimum absolute atomic E-state index is 0.283. The van der Waals surface area contributed by atoms with Crippen molar-refractivity contribution in [2.24, 2.45) is 0 Å². The number of aliphatic hydroxyl groups excluding tert-OH is 4. The molecule has 0 saturated carbocycles. The van der Waals surface area contributed by atoms with E-state index in [0.717, 1.165) is 25.7 Å². The van der Waals surface area contributed by atoms with Crippen LogP contribution in [0.15, 0.2) is 0 Å². The van der Waals surface area contributed by atoms with Crippen LogP contribution in [0, 0.1) is 0 Å². The fourth-order valence-corrected chi connectivity index (χ4v) is 2.55. The molecule has 0 aromatic carbocycles. The molecular weight excluding hydrogens is 292 g/mol. The van der Waals surface area contributed by atoms with E-state index in [-0.39, 0.29) is 6.42 Å². The summed E-state index contributed by atoms with van der Waals surface area (Å²) >= 11 is 0. The van der Waals surface area contributed by atoms with Gasteiger partial charge in [0.2, 0.25) is 0 Å². The van der Waals surface area contributed by atoms with Gasteiger partial charge >= 0.3 is 0 Å².